The Hall–Kier alpha value is -4.12. The summed E-state index contributed by atoms with van der Waals surface area (Å²) in [6, 6.07) is 4.32. The Morgan fingerprint density at radius 1 is 1.00 bits per heavy atom. The first kappa shape index (κ1) is 25.2. The molecule has 0 saturated heterocycles. The monoisotopic (exact) mass is 633 g/mol. The summed E-state index contributed by atoms with van der Waals surface area (Å²) in [6.07, 6.45) is 8.66. The molecule has 0 radical (unpaired) electrons. The van der Waals surface area contributed by atoms with Crippen molar-refractivity contribution in [2.24, 2.45) is 0 Å². The van der Waals surface area contributed by atoms with Gasteiger partial charge in [-0.15, -0.1) is 0 Å². The highest BCUT2D eigenvalue weighted by Gasteiger charge is 2.59. The zero-order valence-corrected chi connectivity index (χ0v) is 23.0. The van der Waals surface area contributed by atoms with E-state index in [2.05, 4.69) is 27.6 Å². The van der Waals surface area contributed by atoms with Gasteiger partial charge in [0.2, 0.25) is 5.78 Å². The third-order valence-corrected chi connectivity index (χ3v) is 8.96. The fourth-order valence-corrected chi connectivity index (χ4v) is 6.92. The molecule has 3 aromatic rings. The number of aromatic nitrogens is 1. The molecule has 0 unspecified atom stereocenters. The Labute approximate surface area is 235 Å². The molecule has 1 heterocycles. The molecule has 1 atom stereocenters. The number of benzene rings is 2. The quantitative estimate of drug-likeness (QED) is 0.245. The van der Waals surface area contributed by atoms with E-state index in [4.69, 9.17) is 4.74 Å². The van der Waals surface area contributed by atoms with Crippen LogP contribution in [0, 0.1) is 3.57 Å². The molecule has 0 bridgehead atoms. The van der Waals surface area contributed by atoms with E-state index in [1.807, 2.05) is 19.1 Å². The number of hydrogen-bond donors (Lipinski definition) is 2. The van der Waals surface area contributed by atoms with Crippen molar-refractivity contribution in [1.29, 1.82) is 0 Å². The lowest BCUT2D eigenvalue weighted by Gasteiger charge is -2.23. The van der Waals surface area contributed by atoms with Crippen LogP contribution in [-0.4, -0.2) is 40.3 Å². The predicted molar refractivity (Wildman–Crippen MR) is 152 cm³/mol. The maximum Gasteiger partial charge on any atom is 0.260 e. The van der Waals surface area contributed by atoms with Gasteiger partial charge >= 0.3 is 0 Å². The number of aromatic hydroxyl groups is 1. The number of fused-ring (bicyclic) bond motifs is 5. The Morgan fingerprint density at radius 3 is 2.36 bits per heavy atom. The van der Waals surface area contributed by atoms with Gasteiger partial charge in [0.1, 0.15) is 11.2 Å². The standard InChI is InChI=1S/C30H20INO7/c1-3-4-5-6-13-9-19-22(29(38)32-13)26(35)23-14(24(19)31)7-8-30(23)27(36)17-10-15-16(11-18(17)28(30)37)25(34)21(39-2)12-20(15)33/h3-6,9-12,35H,7-8H2,1-2H3,(H,32,38)/b4-3+,6-5+/t30-/m0/s1. The number of rotatable bonds is 3. The fraction of sp³-hybridized carbons (Fsp3) is 0.167. The number of ketones is 4. The van der Waals surface area contributed by atoms with E-state index in [1.54, 1.807) is 18.2 Å². The number of halogens is 1. The maximum atomic E-state index is 14.0. The van der Waals surface area contributed by atoms with E-state index in [1.165, 1.54) is 19.2 Å². The van der Waals surface area contributed by atoms with E-state index in [0.717, 1.165) is 6.08 Å². The number of carbonyl (C=O) groups excluding carboxylic acids is 4. The van der Waals surface area contributed by atoms with Gasteiger partial charge in [-0.3, -0.25) is 24.0 Å². The first-order chi connectivity index (χ1) is 18.6. The van der Waals surface area contributed by atoms with Crippen LogP contribution in [0.15, 0.2) is 53.1 Å². The highest BCUT2D eigenvalue weighted by molar-refractivity contribution is 14.1. The molecular weight excluding hydrogens is 613 g/mol. The third-order valence-electron chi connectivity index (χ3n) is 7.73. The van der Waals surface area contributed by atoms with Gasteiger partial charge in [0.25, 0.3) is 5.56 Å². The molecule has 8 nitrogen and oxygen atoms in total. The number of hydrogen-bond acceptors (Lipinski definition) is 7. The molecule has 3 aliphatic rings. The normalized spacial score (nSPS) is 19.9. The molecule has 3 aliphatic carbocycles. The van der Waals surface area contributed by atoms with Crippen LogP contribution in [-0.2, 0) is 16.6 Å². The lowest BCUT2D eigenvalue weighted by Crippen LogP contribution is -2.36. The van der Waals surface area contributed by atoms with E-state index in [-0.39, 0.29) is 45.4 Å². The average Bonchev–Trinajstić information content (AvgIpc) is 3.42. The molecule has 39 heavy (non-hydrogen) atoms. The number of nitrogens with one attached hydrogen (secondary N) is 1. The number of carbonyl (C=O) groups is 4. The van der Waals surface area contributed by atoms with Crippen molar-refractivity contribution in [1.82, 2.24) is 4.98 Å². The number of H-pyrrole nitrogens is 1. The summed E-state index contributed by atoms with van der Waals surface area (Å²) in [4.78, 5) is 69.5. The number of ether oxygens (including phenoxy) is 1. The molecule has 2 aromatic carbocycles. The molecule has 1 spiro atoms. The van der Waals surface area contributed by atoms with Gasteiger partial charge in [-0.25, -0.2) is 0 Å². The van der Waals surface area contributed by atoms with Gasteiger partial charge in [0, 0.05) is 48.5 Å². The Balaban J connectivity index is 1.57. The second-order valence-electron chi connectivity index (χ2n) is 9.66. The summed E-state index contributed by atoms with van der Waals surface area (Å²) < 4.78 is 5.69. The average molecular weight is 633 g/mol. The largest absolute Gasteiger partial charge is 0.507 e. The minimum atomic E-state index is -1.75. The van der Waals surface area contributed by atoms with Crippen LogP contribution >= 0.6 is 22.6 Å². The van der Waals surface area contributed by atoms with Crippen LogP contribution < -0.4 is 5.56 Å². The van der Waals surface area contributed by atoms with Crippen molar-refractivity contribution in [3.05, 3.63) is 101 Å². The van der Waals surface area contributed by atoms with Gasteiger partial charge in [-0.2, -0.15) is 0 Å². The van der Waals surface area contributed by atoms with Gasteiger partial charge in [0.15, 0.2) is 23.1 Å². The van der Waals surface area contributed by atoms with Crippen LogP contribution in [0.3, 0.4) is 0 Å². The minimum absolute atomic E-state index is 0.00208. The molecule has 0 fully saturated rings. The molecular formula is C30H20INO7. The molecule has 9 heteroatoms. The first-order valence-electron chi connectivity index (χ1n) is 12.2. The van der Waals surface area contributed by atoms with Gasteiger partial charge in [-0.05, 0) is 72.2 Å². The molecule has 194 valence electrons. The van der Waals surface area contributed by atoms with E-state index in [0.29, 0.717) is 26.6 Å². The summed E-state index contributed by atoms with van der Waals surface area (Å²) >= 11 is 2.09. The smallest absolute Gasteiger partial charge is 0.260 e. The summed E-state index contributed by atoms with van der Waals surface area (Å²) in [5.41, 5.74) is -0.963. The number of Topliss-reactive ketones (excluding diaryl/α,β-unsaturated/α-hetero) is 3. The highest BCUT2D eigenvalue weighted by Crippen LogP contribution is 2.54. The zero-order valence-electron chi connectivity index (χ0n) is 20.8. The van der Waals surface area contributed by atoms with Crippen molar-refractivity contribution in [2.45, 2.75) is 25.2 Å². The predicted octanol–water partition coefficient (Wildman–Crippen LogP) is 4.60. The van der Waals surface area contributed by atoms with Crippen molar-refractivity contribution in [2.75, 3.05) is 7.11 Å². The van der Waals surface area contributed by atoms with Crippen molar-refractivity contribution in [3.63, 3.8) is 0 Å². The molecule has 0 aliphatic heterocycles. The lowest BCUT2D eigenvalue weighted by molar-refractivity contribution is 0.0791. The number of phenols is 1. The molecule has 0 amide bonds. The second-order valence-corrected chi connectivity index (χ2v) is 10.7. The maximum absolute atomic E-state index is 14.0. The number of methoxy groups -OCH3 is 1. The number of aromatic amines is 1. The minimum Gasteiger partial charge on any atom is -0.507 e. The Kier molecular flexibility index (Phi) is 5.62. The van der Waals surface area contributed by atoms with E-state index < -0.39 is 39.9 Å². The van der Waals surface area contributed by atoms with E-state index >= 15 is 0 Å². The van der Waals surface area contributed by atoms with Crippen LogP contribution in [0.5, 0.6) is 5.75 Å². The van der Waals surface area contributed by atoms with Gasteiger partial charge in [0.05, 0.1) is 12.5 Å². The van der Waals surface area contributed by atoms with Gasteiger partial charge < -0.3 is 14.8 Å². The molecule has 6 rings (SSSR count). The zero-order chi connectivity index (χ0) is 27.8. The highest BCUT2D eigenvalue weighted by atomic mass is 127. The number of phenolic OH excluding ortho intramolecular Hbond substituents is 1. The molecule has 2 N–H and O–H groups in total. The van der Waals surface area contributed by atoms with E-state index in [9.17, 15) is 29.1 Å². The summed E-state index contributed by atoms with van der Waals surface area (Å²) in [5.74, 6) is -2.74. The summed E-state index contributed by atoms with van der Waals surface area (Å²) in [5, 5.41) is 12.0. The fourth-order valence-electron chi connectivity index (χ4n) is 5.95. The first-order valence-corrected chi connectivity index (χ1v) is 13.3. The second kappa shape index (κ2) is 8.70. The topological polar surface area (TPSA) is 131 Å². The van der Waals surface area contributed by atoms with Crippen molar-refractivity contribution in [3.8, 4) is 5.75 Å². The third kappa shape index (κ3) is 3.25. The molecule has 0 saturated carbocycles. The van der Waals surface area contributed by atoms with Crippen molar-refractivity contribution < 1.29 is 29.0 Å². The lowest BCUT2D eigenvalue weighted by atomic mass is 9.76. The number of pyridine rings is 1. The molecule has 1 aromatic heterocycles. The van der Waals surface area contributed by atoms with Gasteiger partial charge in [-0.1, -0.05) is 18.2 Å². The SMILES string of the molecule is C/C=C/C=C/c1cc2c(I)c3c(c(O)c2c(=O)[nH]1)[C@@]1(CC3)C(=O)c2cc3c(cc2C1=O)C(=O)C(OC)=CC3=O. The summed E-state index contributed by atoms with van der Waals surface area (Å²) in [7, 11) is 1.27. The van der Waals surface area contributed by atoms with Crippen LogP contribution in [0.4, 0.5) is 0 Å². The summed E-state index contributed by atoms with van der Waals surface area (Å²) in [6.45, 7) is 1.87. The van der Waals surface area contributed by atoms with Crippen LogP contribution in [0.2, 0.25) is 0 Å². The number of allylic oxidation sites excluding steroid dienone is 5. The Bertz CT molecular complexity index is 1870. The Morgan fingerprint density at radius 2 is 1.69 bits per heavy atom. The van der Waals surface area contributed by atoms with Crippen molar-refractivity contribution >= 4 is 62.6 Å². The van der Waals surface area contributed by atoms with Crippen LogP contribution in [0.1, 0.15) is 71.6 Å². The van der Waals surface area contributed by atoms with Crippen LogP contribution in [0.25, 0.3) is 16.8 Å².